The zero-order valence-electron chi connectivity index (χ0n) is 17.8. The summed E-state index contributed by atoms with van der Waals surface area (Å²) in [4.78, 5) is 4.97. The Labute approximate surface area is 178 Å². The highest BCUT2D eigenvalue weighted by atomic mass is 16.5. The minimum atomic E-state index is 0.242. The monoisotopic (exact) mass is 406 g/mol. The van der Waals surface area contributed by atoms with Crippen LogP contribution in [-0.2, 0) is 6.54 Å². The summed E-state index contributed by atoms with van der Waals surface area (Å²) >= 11 is 0. The molecule has 1 aromatic heterocycles. The van der Waals surface area contributed by atoms with Gasteiger partial charge in [-0.25, -0.2) is 4.68 Å². The Balaban J connectivity index is 1.45. The fourth-order valence-corrected chi connectivity index (χ4v) is 4.15. The van der Waals surface area contributed by atoms with Crippen LogP contribution in [0.1, 0.15) is 37.2 Å². The lowest BCUT2D eigenvalue weighted by molar-refractivity contribution is 0.164. The van der Waals surface area contributed by atoms with E-state index in [2.05, 4.69) is 68.6 Å². The molecule has 2 aromatic carbocycles. The van der Waals surface area contributed by atoms with Crippen molar-refractivity contribution in [2.24, 2.45) is 0 Å². The van der Waals surface area contributed by atoms with E-state index in [0.29, 0.717) is 6.54 Å². The maximum Gasteiger partial charge on any atom is 0.168 e. The molecule has 0 radical (unpaired) electrons. The van der Waals surface area contributed by atoms with E-state index in [1.165, 1.54) is 11.3 Å². The van der Waals surface area contributed by atoms with Gasteiger partial charge in [0.25, 0.3) is 0 Å². The van der Waals surface area contributed by atoms with Crippen molar-refractivity contribution in [3.05, 3.63) is 66.0 Å². The number of ether oxygens (including phenoxy) is 1. The molecule has 1 aliphatic rings. The van der Waals surface area contributed by atoms with Crippen LogP contribution in [-0.4, -0.2) is 58.4 Å². The van der Waals surface area contributed by atoms with Crippen LogP contribution < -0.4 is 9.64 Å². The molecular weight excluding hydrogens is 376 g/mol. The molecule has 1 aliphatic heterocycles. The molecule has 7 heteroatoms. The van der Waals surface area contributed by atoms with Gasteiger partial charge < -0.3 is 9.64 Å². The predicted molar refractivity (Wildman–Crippen MR) is 118 cm³/mol. The molecule has 0 amide bonds. The van der Waals surface area contributed by atoms with E-state index in [1.807, 2.05) is 22.9 Å². The van der Waals surface area contributed by atoms with Crippen LogP contribution in [0.3, 0.4) is 0 Å². The molecule has 4 rings (SSSR count). The van der Waals surface area contributed by atoms with Gasteiger partial charge in [-0.2, -0.15) is 0 Å². The number of nitrogens with zero attached hydrogens (tertiary/aromatic N) is 6. The molecule has 158 valence electrons. The fraction of sp³-hybridized carbons (Fsp3) is 0.435. The first-order chi connectivity index (χ1) is 14.8. The van der Waals surface area contributed by atoms with Crippen LogP contribution >= 0.6 is 0 Å². The number of hydrogen-bond donors (Lipinski definition) is 0. The molecule has 0 unspecified atom stereocenters. The minimum absolute atomic E-state index is 0.242. The van der Waals surface area contributed by atoms with Crippen molar-refractivity contribution in [3.63, 3.8) is 0 Å². The summed E-state index contributed by atoms with van der Waals surface area (Å²) in [5, 5.41) is 12.7. The van der Waals surface area contributed by atoms with E-state index in [1.54, 1.807) is 7.11 Å². The molecule has 0 bridgehead atoms. The van der Waals surface area contributed by atoms with Gasteiger partial charge in [0.2, 0.25) is 0 Å². The number of hydrogen-bond acceptors (Lipinski definition) is 6. The zero-order chi connectivity index (χ0) is 20.8. The van der Waals surface area contributed by atoms with Gasteiger partial charge in [0.15, 0.2) is 5.82 Å². The van der Waals surface area contributed by atoms with Gasteiger partial charge in [-0.1, -0.05) is 43.7 Å². The summed E-state index contributed by atoms with van der Waals surface area (Å²) in [7, 11) is 1.70. The second-order valence-corrected chi connectivity index (χ2v) is 7.71. The third-order valence-corrected chi connectivity index (χ3v) is 5.79. The summed E-state index contributed by atoms with van der Waals surface area (Å²) in [6.45, 7) is 6.91. The van der Waals surface area contributed by atoms with Gasteiger partial charge in [0.05, 0.1) is 19.7 Å². The van der Waals surface area contributed by atoms with Crippen molar-refractivity contribution in [3.8, 4) is 5.75 Å². The van der Waals surface area contributed by atoms with Crippen molar-refractivity contribution in [2.45, 2.75) is 32.4 Å². The van der Waals surface area contributed by atoms with Crippen LogP contribution in [0.4, 0.5) is 5.69 Å². The number of rotatable bonds is 8. The first-order valence-corrected chi connectivity index (χ1v) is 10.7. The topological polar surface area (TPSA) is 59.3 Å². The van der Waals surface area contributed by atoms with Crippen LogP contribution in [0.2, 0.25) is 0 Å². The fourth-order valence-electron chi connectivity index (χ4n) is 4.15. The normalized spacial score (nSPS) is 15.9. The highest BCUT2D eigenvalue weighted by molar-refractivity contribution is 5.49. The third kappa shape index (κ3) is 4.62. The molecule has 30 heavy (non-hydrogen) atoms. The highest BCUT2D eigenvalue weighted by Crippen LogP contribution is 2.27. The van der Waals surface area contributed by atoms with Gasteiger partial charge in [-0.05, 0) is 46.7 Å². The summed E-state index contributed by atoms with van der Waals surface area (Å²) in [5.74, 6) is 1.87. The highest BCUT2D eigenvalue weighted by Gasteiger charge is 2.28. The molecule has 1 atom stereocenters. The Bertz CT molecular complexity index is 903. The second-order valence-electron chi connectivity index (χ2n) is 7.71. The summed E-state index contributed by atoms with van der Waals surface area (Å²) in [5.41, 5.74) is 2.46. The second kappa shape index (κ2) is 9.71. The third-order valence-electron chi connectivity index (χ3n) is 5.79. The number of anilines is 1. The van der Waals surface area contributed by atoms with Crippen molar-refractivity contribution in [1.29, 1.82) is 0 Å². The van der Waals surface area contributed by atoms with E-state index in [-0.39, 0.29) is 6.04 Å². The molecule has 1 fully saturated rings. The number of tetrazole rings is 1. The molecule has 2 heterocycles. The van der Waals surface area contributed by atoms with Crippen LogP contribution in [0.5, 0.6) is 5.75 Å². The van der Waals surface area contributed by atoms with E-state index < -0.39 is 0 Å². The molecule has 0 saturated carbocycles. The van der Waals surface area contributed by atoms with Crippen molar-refractivity contribution >= 4 is 5.69 Å². The van der Waals surface area contributed by atoms with Gasteiger partial charge in [-0.15, -0.1) is 5.10 Å². The molecule has 0 spiro atoms. The number of aromatic nitrogens is 4. The molecule has 0 N–H and O–H groups in total. The van der Waals surface area contributed by atoms with Crippen molar-refractivity contribution < 1.29 is 4.74 Å². The lowest BCUT2D eigenvalue weighted by atomic mass is 10.1. The van der Waals surface area contributed by atoms with Gasteiger partial charge in [-0.3, -0.25) is 4.90 Å². The van der Waals surface area contributed by atoms with Crippen molar-refractivity contribution in [1.82, 2.24) is 25.1 Å². The largest absolute Gasteiger partial charge is 0.497 e. The molecule has 1 saturated heterocycles. The van der Waals surface area contributed by atoms with Gasteiger partial charge in [0.1, 0.15) is 5.75 Å². The van der Waals surface area contributed by atoms with E-state index in [4.69, 9.17) is 4.74 Å². The Morgan fingerprint density at radius 3 is 2.37 bits per heavy atom. The maximum atomic E-state index is 5.28. The minimum Gasteiger partial charge on any atom is -0.497 e. The predicted octanol–water partition coefficient (Wildman–Crippen LogP) is 3.39. The first-order valence-electron chi connectivity index (χ1n) is 10.7. The van der Waals surface area contributed by atoms with Gasteiger partial charge in [0, 0.05) is 31.9 Å². The SMILES string of the molecule is CCC[C@@H](c1nnnn1Cc1ccccc1)N1CCN(c2ccc(OC)cc2)CC1. The lowest BCUT2D eigenvalue weighted by Gasteiger charge is -2.39. The molecule has 0 aliphatic carbocycles. The van der Waals surface area contributed by atoms with Crippen molar-refractivity contribution in [2.75, 3.05) is 38.2 Å². The smallest absolute Gasteiger partial charge is 0.168 e. The average Bonchev–Trinajstić information content (AvgIpc) is 3.26. The standard InChI is InChI=1S/C23H30N6O/c1-3-7-22(23-24-25-26-29(23)18-19-8-5-4-6-9-19)28-16-14-27(15-17-28)20-10-12-21(30-2)13-11-20/h4-6,8-13,22H,3,7,14-18H2,1-2H3/t22-/m0/s1. The first kappa shape index (κ1) is 20.3. The summed E-state index contributed by atoms with van der Waals surface area (Å²) in [6, 6.07) is 19.0. The van der Waals surface area contributed by atoms with Crippen LogP contribution in [0.15, 0.2) is 54.6 Å². The Morgan fingerprint density at radius 1 is 0.967 bits per heavy atom. The number of piperazine rings is 1. The Kier molecular flexibility index (Phi) is 6.59. The molecule has 7 nitrogen and oxygen atoms in total. The quantitative estimate of drug-likeness (QED) is 0.572. The van der Waals surface area contributed by atoms with Crippen LogP contribution in [0.25, 0.3) is 0 Å². The number of benzene rings is 2. The Morgan fingerprint density at radius 2 is 1.70 bits per heavy atom. The lowest BCUT2D eigenvalue weighted by Crippen LogP contribution is -2.48. The molecule has 3 aromatic rings. The van der Waals surface area contributed by atoms with E-state index >= 15 is 0 Å². The van der Waals surface area contributed by atoms with Crippen LogP contribution in [0, 0.1) is 0 Å². The molecular formula is C23H30N6O. The summed E-state index contributed by atoms with van der Waals surface area (Å²) in [6.07, 6.45) is 2.15. The maximum absolute atomic E-state index is 5.28. The number of methoxy groups -OCH3 is 1. The van der Waals surface area contributed by atoms with E-state index in [9.17, 15) is 0 Å². The average molecular weight is 407 g/mol. The Hall–Kier alpha value is -2.93. The zero-order valence-corrected chi connectivity index (χ0v) is 17.8. The summed E-state index contributed by atoms with van der Waals surface area (Å²) < 4.78 is 7.24. The van der Waals surface area contributed by atoms with E-state index in [0.717, 1.165) is 50.6 Å². The van der Waals surface area contributed by atoms with Gasteiger partial charge >= 0.3 is 0 Å².